The highest BCUT2D eigenvalue weighted by Gasteiger charge is 2.45. The highest BCUT2D eigenvalue weighted by atomic mass is 16.2. The summed E-state index contributed by atoms with van der Waals surface area (Å²) < 4.78 is 0. The van der Waals surface area contributed by atoms with Crippen LogP contribution in [0.4, 0.5) is 5.69 Å². The molecular weight excluding hydrogens is 372 g/mol. The third-order valence-electron chi connectivity index (χ3n) is 6.94. The van der Waals surface area contributed by atoms with E-state index in [1.54, 1.807) is 12.1 Å². The molecule has 1 aliphatic carbocycles. The van der Waals surface area contributed by atoms with Crippen molar-refractivity contribution in [2.75, 3.05) is 18.0 Å². The fourth-order valence-electron chi connectivity index (χ4n) is 5.38. The first-order valence-corrected chi connectivity index (χ1v) is 10.3. The van der Waals surface area contributed by atoms with Crippen LogP contribution in [0.1, 0.15) is 52.8 Å². The Morgan fingerprint density at radius 3 is 2.52 bits per heavy atom. The quantitative estimate of drug-likeness (QED) is 0.710. The third kappa shape index (κ3) is 2.85. The topological polar surface area (TPSA) is 113 Å². The zero-order valence-corrected chi connectivity index (χ0v) is 16.1. The van der Waals surface area contributed by atoms with Gasteiger partial charge in [0.15, 0.2) is 0 Å². The molecule has 0 aromatic heterocycles. The molecule has 4 unspecified atom stereocenters. The molecule has 8 heteroatoms. The van der Waals surface area contributed by atoms with E-state index in [1.807, 2.05) is 6.07 Å². The molecular formula is C21H24N4O4. The number of hydrogen-bond donors (Lipinski definition) is 2. The van der Waals surface area contributed by atoms with Crippen molar-refractivity contribution in [1.29, 1.82) is 0 Å². The number of rotatable bonds is 2. The smallest absolute Gasteiger partial charge is 0.262 e. The van der Waals surface area contributed by atoms with Gasteiger partial charge in [0.25, 0.3) is 11.8 Å². The summed E-state index contributed by atoms with van der Waals surface area (Å²) in [6.45, 7) is 1.78. The van der Waals surface area contributed by atoms with Crippen molar-refractivity contribution in [2.45, 2.75) is 44.2 Å². The Morgan fingerprint density at radius 1 is 0.966 bits per heavy atom. The van der Waals surface area contributed by atoms with E-state index in [9.17, 15) is 19.2 Å². The summed E-state index contributed by atoms with van der Waals surface area (Å²) in [6, 6.07) is 4.61. The SMILES string of the molecule is NC1CCCC2CN(c3ccc4c(c3)C(=O)N(C3CCC(=O)NC3=O)C4=O)CC12. The van der Waals surface area contributed by atoms with Gasteiger partial charge in [-0.3, -0.25) is 29.4 Å². The van der Waals surface area contributed by atoms with Crippen LogP contribution in [-0.4, -0.2) is 53.7 Å². The number of carbonyl (C=O) groups excluding carboxylic acids is 4. The number of amides is 4. The number of imide groups is 2. The first-order chi connectivity index (χ1) is 13.9. The summed E-state index contributed by atoms with van der Waals surface area (Å²) in [4.78, 5) is 52.7. The van der Waals surface area contributed by atoms with Crippen molar-refractivity contribution in [2.24, 2.45) is 17.6 Å². The molecule has 8 nitrogen and oxygen atoms in total. The molecule has 29 heavy (non-hydrogen) atoms. The minimum absolute atomic E-state index is 0.117. The molecule has 3 aliphatic heterocycles. The van der Waals surface area contributed by atoms with Crippen molar-refractivity contribution < 1.29 is 19.2 Å². The molecule has 0 bridgehead atoms. The maximum atomic E-state index is 13.0. The van der Waals surface area contributed by atoms with Crippen molar-refractivity contribution in [3.05, 3.63) is 29.3 Å². The van der Waals surface area contributed by atoms with E-state index >= 15 is 0 Å². The number of fused-ring (bicyclic) bond motifs is 2. The molecule has 152 valence electrons. The molecule has 5 rings (SSSR count). The zero-order valence-electron chi connectivity index (χ0n) is 16.1. The van der Waals surface area contributed by atoms with Gasteiger partial charge >= 0.3 is 0 Å². The average molecular weight is 396 g/mol. The standard InChI is InChI=1S/C21H24N4O4/c22-16-3-1-2-11-9-24(10-15(11)16)12-4-5-13-14(8-12)21(29)25(20(13)28)17-6-7-18(26)23-19(17)27/h4-5,8,11,15-17H,1-3,6-7,9-10,22H2,(H,23,26,27). The van der Waals surface area contributed by atoms with E-state index in [1.165, 1.54) is 6.42 Å². The normalized spacial score (nSPS) is 31.8. The van der Waals surface area contributed by atoms with Crippen LogP contribution in [-0.2, 0) is 9.59 Å². The highest BCUT2D eigenvalue weighted by molar-refractivity contribution is 6.23. The molecule has 4 aliphatic rings. The molecule has 3 fully saturated rings. The van der Waals surface area contributed by atoms with Gasteiger partial charge in [-0.1, -0.05) is 6.42 Å². The van der Waals surface area contributed by atoms with Gasteiger partial charge in [-0.05, 0) is 49.3 Å². The Balaban J connectivity index is 1.40. The maximum absolute atomic E-state index is 13.0. The molecule has 4 atom stereocenters. The number of benzene rings is 1. The minimum atomic E-state index is -0.934. The number of anilines is 1. The molecule has 1 saturated carbocycles. The fraction of sp³-hybridized carbons (Fsp3) is 0.524. The lowest BCUT2D eigenvalue weighted by Crippen LogP contribution is -2.54. The minimum Gasteiger partial charge on any atom is -0.371 e. The van der Waals surface area contributed by atoms with Crippen LogP contribution in [0.5, 0.6) is 0 Å². The second-order valence-corrected chi connectivity index (χ2v) is 8.60. The molecule has 4 amide bonds. The van der Waals surface area contributed by atoms with Crippen LogP contribution >= 0.6 is 0 Å². The Hall–Kier alpha value is -2.74. The number of nitrogens with zero attached hydrogens (tertiary/aromatic N) is 2. The van der Waals surface area contributed by atoms with Gasteiger partial charge in [-0.2, -0.15) is 0 Å². The van der Waals surface area contributed by atoms with Crippen molar-refractivity contribution in [3.63, 3.8) is 0 Å². The monoisotopic (exact) mass is 396 g/mol. The van der Waals surface area contributed by atoms with Gasteiger partial charge in [0.05, 0.1) is 11.1 Å². The molecule has 1 aromatic rings. The first kappa shape index (κ1) is 18.3. The summed E-state index contributed by atoms with van der Waals surface area (Å²) in [5, 5.41) is 2.22. The van der Waals surface area contributed by atoms with Crippen molar-refractivity contribution in [1.82, 2.24) is 10.2 Å². The number of hydrogen-bond acceptors (Lipinski definition) is 6. The van der Waals surface area contributed by atoms with Gasteiger partial charge in [-0.15, -0.1) is 0 Å². The lowest BCUT2D eigenvalue weighted by Gasteiger charge is -2.29. The van der Waals surface area contributed by atoms with Crippen molar-refractivity contribution in [3.8, 4) is 0 Å². The zero-order chi connectivity index (χ0) is 20.3. The molecule has 3 N–H and O–H groups in total. The fourth-order valence-corrected chi connectivity index (χ4v) is 5.38. The van der Waals surface area contributed by atoms with Crippen LogP contribution in [0.2, 0.25) is 0 Å². The summed E-state index contributed by atoms with van der Waals surface area (Å²) in [5.41, 5.74) is 7.88. The van der Waals surface area contributed by atoms with E-state index in [4.69, 9.17) is 5.73 Å². The van der Waals surface area contributed by atoms with E-state index in [2.05, 4.69) is 10.2 Å². The Bertz CT molecular complexity index is 929. The Kier molecular flexibility index (Phi) is 4.20. The summed E-state index contributed by atoms with van der Waals surface area (Å²) in [6.07, 6.45) is 3.68. The number of carbonyl (C=O) groups is 4. The molecule has 1 aromatic carbocycles. The number of piperidine rings is 1. The van der Waals surface area contributed by atoms with E-state index in [0.717, 1.165) is 36.5 Å². The van der Waals surface area contributed by atoms with Crippen LogP contribution in [0.15, 0.2) is 18.2 Å². The van der Waals surface area contributed by atoms with Crippen LogP contribution in [0.25, 0.3) is 0 Å². The summed E-state index contributed by atoms with van der Waals surface area (Å²) in [7, 11) is 0. The van der Waals surface area contributed by atoms with Gasteiger partial charge < -0.3 is 10.6 Å². The van der Waals surface area contributed by atoms with E-state index < -0.39 is 23.8 Å². The Labute approximate surface area is 168 Å². The van der Waals surface area contributed by atoms with Gasteiger partial charge in [-0.25, -0.2) is 0 Å². The molecule has 0 spiro atoms. The number of nitrogens with two attached hydrogens (primary N) is 1. The van der Waals surface area contributed by atoms with Gasteiger partial charge in [0, 0.05) is 31.2 Å². The second kappa shape index (κ2) is 6.66. The molecule has 0 radical (unpaired) electrons. The van der Waals surface area contributed by atoms with Gasteiger partial charge in [0.1, 0.15) is 6.04 Å². The number of nitrogens with one attached hydrogen (secondary N) is 1. The molecule has 3 heterocycles. The third-order valence-corrected chi connectivity index (χ3v) is 6.94. The lowest BCUT2D eigenvalue weighted by molar-refractivity contribution is -0.136. The van der Waals surface area contributed by atoms with Crippen LogP contribution in [0.3, 0.4) is 0 Å². The average Bonchev–Trinajstić information content (AvgIpc) is 3.24. The predicted molar refractivity (Wildman–Crippen MR) is 104 cm³/mol. The lowest BCUT2D eigenvalue weighted by atomic mass is 9.78. The summed E-state index contributed by atoms with van der Waals surface area (Å²) >= 11 is 0. The van der Waals surface area contributed by atoms with Gasteiger partial charge in [0.2, 0.25) is 11.8 Å². The van der Waals surface area contributed by atoms with Crippen molar-refractivity contribution >= 4 is 29.3 Å². The largest absolute Gasteiger partial charge is 0.371 e. The highest BCUT2D eigenvalue weighted by Crippen LogP contribution is 2.39. The second-order valence-electron chi connectivity index (χ2n) is 8.60. The maximum Gasteiger partial charge on any atom is 0.262 e. The first-order valence-electron chi connectivity index (χ1n) is 10.3. The summed E-state index contributed by atoms with van der Waals surface area (Å²) in [5.74, 6) is -0.858. The molecule has 2 saturated heterocycles. The predicted octanol–water partition coefficient (Wildman–Crippen LogP) is 0.651. The Morgan fingerprint density at radius 2 is 1.76 bits per heavy atom. The van der Waals surface area contributed by atoms with E-state index in [-0.39, 0.29) is 24.8 Å². The van der Waals surface area contributed by atoms with Crippen LogP contribution < -0.4 is 16.0 Å². The van der Waals surface area contributed by atoms with E-state index in [0.29, 0.717) is 23.0 Å². The van der Waals surface area contributed by atoms with Crippen LogP contribution in [0, 0.1) is 11.8 Å².